The van der Waals surface area contributed by atoms with Gasteiger partial charge in [-0.2, -0.15) is 0 Å². The first-order valence-corrected chi connectivity index (χ1v) is 21.7. The van der Waals surface area contributed by atoms with E-state index in [1.807, 2.05) is 6.92 Å². The van der Waals surface area contributed by atoms with Crippen molar-refractivity contribution in [2.75, 3.05) is 38.1 Å². The minimum atomic E-state index is -0.847. The number of hydrazine groups is 1. The molecule has 1 rings (SSSR count). The Hall–Kier alpha value is -5.49. The van der Waals surface area contributed by atoms with E-state index in [2.05, 4.69) is 47.7 Å². The van der Waals surface area contributed by atoms with Crippen LogP contribution < -0.4 is 42.8 Å². The fourth-order valence-electron chi connectivity index (χ4n) is 5.63. The van der Waals surface area contributed by atoms with E-state index >= 15 is 0 Å². The first-order valence-electron chi connectivity index (χ1n) is 21.7. The normalized spacial score (nSPS) is 11.3. The van der Waals surface area contributed by atoms with Crippen LogP contribution in [0.3, 0.4) is 0 Å². The number of unbranched alkanes of at least 4 members (excludes halogenated alkanes) is 7. The van der Waals surface area contributed by atoms with Gasteiger partial charge in [0.15, 0.2) is 0 Å². The largest absolute Gasteiger partial charge is 0.481 e. The lowest BCUT2D eigenvalue weighted by molar-refractivity contribution is -0.137. The monoisotopic (exact) mass is 862 g/mol. The molecule has 0 aromatic carbocycles. The number of carboxylic acid groups (broad SMARTS) is 1. The van der Waals surface area contributed by atoms with Crippen LogP contribution in [0.1, 0.15) is 154 Å². The number of rotatable bonds is 33. The van der Waals surface area contributed by atoms with Gasteiger partial charge in [0.2, 0.25) is 29.5 Å². The van der Waals surface area contributed by atoms with E-state index < -0.39 is 29.6 Å². The number of aliphatic carboxylic acids is 1. The predicted molar refractivity (Wildman–Crippen MR) is 230 cm³/mol. The maximum absolute atomic E-state index is 12.7. The molecule has 1 heterocycles. The number of amides is 7. The van der Waals surface area contributed by atoms with E-state index in [0.29, 0.717) is 115 Å². The van der Waals surface area contributed by atoms with E-state index in [1.54, 1.807) is 32.9 Å². The zero-order chi connectivity index (χ0) is 45.3. The van der Waals surface area contributed by atoms with Crippen LogP contribution in [-0.2, 0) is 33.5 Å². The fraction of sp³-hybridized carbons (Fsp3) is 0.690. The summed E-state index contributed by atoms with van der Waals surface area (Å²) < 4.78 is 5.13. The Morgan fingerprint density at radius 1 is 0.623 bits per heavy atom. The molecule has 0 spiro atoms. The second-order valence-electron chi connectivity index (χ2n) is 15.7. The van der Waals surface area contributed by atoms with E-state index in [0.717, 1.165) is 25.7 Å². The lowest BCUT2D eigenvalue weighted by Gasteiger charge is -2.19. The quantitative estimate of drug-likeness (QED) is 0.0361. The maximum atomic E-state index is 12.7. The van der Waals surface area contributed by atoms with E-state index in [4.69, 9.17) is 9.84 Å². The zero-order valence-electron chi connectivity index (χ0n) is 36.6. The predicted octanol–water partition coefficient (Wildman–Crippen LogP) is 3.74. The smallest absolute Gasteiger partial charge is 0.426 e. The molecule has 9 N–H and O–H groups in total. The van der Waals surface area contributed by atoms with Crippen molar-refractivity contribution in [3.05, 3.63) is 23.9 Å². The molecule has 7 amide bonds. The Labute approximate surface area is 360 Å². The molecular formula is C42H71N9O10. The van der Waals surface area contributed by atoms with Crippen molar-refractivity contribution in [2.24, 2.45) is 0 Å². The number of carbonyl (C=O) groups excluding carboxylic acids is 7. The highest BCUT2D eigenvalue weighted by Gasteiger charge is 2.21. The van der Waals surface area contributed by atoms with Gasteiger partial charge in [-0.15, -0.1) is 0 Å². The summed E-state index contributed by atoms with van der Waals surface area (Å²) in [6, 6.07) is 2.40. The third-order valence-corrected chi connectivity index (χ3v) is 8.90. The number of anilines is 1. The lowest BCUT2D eigenvalue weighted by Crippen LogP contribution is -2.47. The standard InChI is InChI=1S/C42H71N9O10/c1-5-25-46-40(59)32(49-37(55)24-23-36(54)45-27-14-8-11-20-38(56)57)17-12-16-28-44-35(53)18-9-6-13-26-43-34(52)19-10-7-15-29-47-39(58)31-21-22-33(48-30-31)50-51-41(60)61-42(2,3)4/h21-22,30,32H,5-20,23-29H2,1-4H3,(H,43,52)(H,44,53)(H,45,54)(H,46,59)(H,47,58)(H,48,50)(H,49,55)(H,51,60)(H,56,57)/t32-/m0/s1. The fourth-order valence-corrected chi connectivity index (χ4v) is 5.63. The summed E-state index contributed by atoms with van der Waals surface area (Å²) in [5.74, 6) is -1.85. The molecule has 0 radical (unpaired) electrons. The number of carboxylic acids is 1. The van der Waals surface area contributed by atoms with Gasteiger partial charge in [0, 0.05) is 71.0 Å². The number of nitrogens with zero attached hydrogens (tertiary/aromatic N) is 1. The maximum Gasteiger partial charge on any atom is 0.426 e. The summed E-state index contributed by atoms with van der Waals surface area (Å²) >= 11 is 0. The van der Waals surface area contributed by atoms with Gasteiger partial charge >= 0.3 is 12.1 Å². The van der Waals surface area contributed by atoms with Gasteiger partial charge in [0.1, 0.15) is 17.5 Å². The molecule has 0 aliphatic rings. The average molecular weight is 862 g/mol. The second-order valence-corrected chi connectivity index (χ2v) is 15.7. The van der Waals surface area contributed by atoms with E-state index in [9.17, 15) is 38.4 Å². The minimum absolute atomic E-state index is 0.0198. The molecular weight excluding hydrogens is 791 g/mol. The molecule has 61 heavy (non-hydrogen) atoms. The van der Waals surface area contributed by atoms with Crippen LogP contribution in [0, 0.1) is 0 Å². The highest BCUT2D eigenvalue weighted by Crippen LogP contribution is 2.09. The highest BCUT2D eigenvalue weighted by atomic mass is 16.6. The first kappa shape index (κ1) is 53.5. The molecule has 0 aliphatic carbocycles. The number of aromatic nitrogens is 1. The third kappa shape index (κ3) is 30.2. The van der Waals surface area contributed by atoms with Crippen molar-refractivity contribution in [1.29, 1.82) is 0 Å². The summed E-state index contributed by atoms with van der Waals surface area (Å²) in [5.41, 5.74) is 4.73. The number of hydrogen-bond acceptors (Lipinski definition) is 11. The van der Waals surface area contributed by atoms with Gasteiger partial charge in [-0.1, -0.05) is 26.2 Å². The van der Waals surface area contributed by atoms with E-state index in [-0.39, 0.29) is 48.8 Å². The summed E-state index contributed by atoms with van der Waals surface area (Å²) in [5, 5.41) is 25.6. The van der Waals surface area contributed by atoms with Crippen LogP contribution in [0.4, 0.5) is 10.6 Å². The van der Waals surface area contributed by atoms with Gasteiger partial charge in [0.25, 0.3) is 5.91 Å². The Morgan fingerprint density at radius 3 is 1.67 bits per heavy atom. The number of carbonyl (C=O) groups is 8. The zero-order valence-corrected chi connectivity index (χ0v) is 36.6. The van der Waals surface area contributed by atoms with Gasteiger partial charge in [-0.25, -0.2) is 15.2 Å². The van der Waals surface area contributed by atoms with Crippen molar-refractivity contribution in [3.63, 3.8) is 0 Å². The van der Waals surface area contributed by atoms with Crippen LogP contribution in [0.25, 0.3) is 0 Å². The van der Waals surface area contributed by atoms with Crippen molar-refractivity contribution < 1.29 is 48.2 Å². The van der Waals surface area contributed by atoms with Crippen LogP contribution in [0.2, 0.25) is 0 Å². The molecule has 19 heteroatoms. The molecule has 0 saturated carbocycles. The number of ether oxygens (including phenoxy) is 1. The molecule has 0 unspecified atom stereocenters. The van der Waals surface area contributed by atoms with Crippen molar-refractivity contribution in [2.45, 2.75) is 155 Å². The Bertz CT molecular complexity index is 1500. The Morgan fingerprint density at radius 2 is 1.15 bits per heavy atom. The van der Waals surface area contributed by atoms with E-state index in [1.165, 1.54) is 6.20 Å². The minimum Gasteiger partial charge on any atom is -0.481 e. The van der Waals surface area contributed by atoms with Crippen LogP contribution in [0.15, 0.2) is 18.3 Å². The van der Waals surface area contributed by atoms with Crippen LogP contribution >= 0.6 is 0 Å². The SMILES string of the molecule is CCCNC(=O)[C@H](CCCCNC(=O)CCCCCNC(=O)CCCCCNC(=O)c1ccc(NNC(=O)OC(C)(C)C)nc1)NC(=O)CCC(=O)NCCCCCC(=O)O. The van der Waals surface area contributed by atoms with Gasteiger partial charge in [-0.3, -0.25) is 39.0 Å². The summed E-state index contributed by atoms with van der Waals surface area (Å²) in [4.78, 5) is 101. The van der Waals surface area contributed by atoms with Crippen LogP contribution in [0.5, 0.6) is 0 Å². The average Bonchev–Trinajstić information content (AvgIpc) is 3.20. The molecule has 19 nitrogen and oxygen atoms in total. The second kappa shape index (κ2) is 32.3. The summed E-state index contributed by atoms with van der Waals surface area (Å²) in [7, 11) is 0. The van der Waals surface area contributed by atoms with Crippen molar-refractivity contribution in [3.8, 4) is 0 Å². The Balaban J connectivity index is 2.12. The number of hydrogen-bond donors (Lipinski definition) is 9. The summed E-state index contributed by atoms with van der Waals surface area (Å²) in [6.07, 6.45) is 10.2. The molecule has 0 fully saturated rings. The van der Waals surface area contributed by atoms with Crippen LogP contribution in [-0.4, -0.2) is 102 Å². The first-order chi connectivity index (χ1) is 29.1. The molecule has 0 bridgehead atoms. The van der Waals surface area contributed by atoms with Crippen molar-refractivity contribution in [1.82, 2.24) is 42.3 Å². The topological polar surface area (TPSA) is 275 Å². The lowest BCUT2D eigenvalue weighted by atomic mass is 10.1. The molecule has 0 aliphatic heterocycles. The third-order valence-electron chi connectivity index (χ3n) is 8.90. The molecule has 344 valence electrons. The van der Waals surface area contributed by atoms with Crippen molar-refractivity contribution >= 4 is 53.3 Å². The molecule has 0 saturated heterocycles. The molecule has 1 aromatic rings. The summed E-state index contributed by atoms with van der Waals surface area (Å²) in [6.45, 7) is 9.49. The Kier molecular flexibility index (Phi) is 28.3. The highest BCUT2D eigenvalue weighted by molar-refractivity contribution is 5.94. The molecule has 1 aromatic heterocycles. The number of nitrogens with one attached hydrogen (secondary N) is 8. The molecule has 1 atom stereocenters. The number of pyridine rings is 1. The van der Waals surface area contributed by atoms with Gasteiger partial charge in [-0.05, 0) is 97.1 Å². The van der Waals surface area contributed by atoms with Gasteiger partial charge < -0.3 is 41.7 Å². The van der Waals surface area contributed by atoms with Gasteiger partial charge in [0.05, 0.1) is 5.56 Å².